The molecule has 1 fully saturated rings. The summed E-state index contributed by atoms with van der Waals surface area (Å²) in [5.74, 6) is -0.790. The molecule has 44 heavy (non-hydrogen) atoms. The molecule has 0 aliphatic heterocycles. The quantitative estimate of drug-likeness (QED) is 0.198. The van der Waals surface area contributed by atoms with Gasteiger partial charge in [-0.3, -0.25) is 13.9 Å². The van der Waals surface area contributed by atoms with E-state index in [4.69, 9.17) is 23.2 Å². The molecule has 10 heteroatoms. The number of nitrogens with one attached hydrogen (secondary N) is 1. The smallest absolute Gasteiger partial charge is 0.244 e. The second-order valence-electron chi connectivity index (χ2n) is 11.2. The van der Waals surface area contributed by atoms with Crippen molar-refractivity contribution in [1.29, 1.82) is 0 Å². The molecule has 0 bridgehead atoms. The van der Waals surface area contributed by atoms with Crippen LogP contribution in [0.4, 0.5) is 5.69 Å². The van der Waals surface area contributed by atoms with Gasteiger partial charge in [0.2, 0.25) is 21.8 Å². The van der Waals surface area contributed by atoms with E-state index in [-0.39, 0.29) is 24.9 Å². The Kier molecular flexibility index (Phi) is 10.1. The van der Waals surface area contributed by atoms with Crippen LogP contribution in [0.5, 0.6) is 0 Å². The first-order valence-corrected chi connectivity index (χ1v) is 17.2. The maximum absolute atomic E-state index is 14.4. The number of halogens is 2. The van der Waals surface area contributed by atoms with Crippen molar-refractivity contribution in [3.05, 3.63) is 112 Å². The number of carbonyl (C=O) groups excluding carboxylic acids is 2. The van der Waals surface area contributed by atoms with Crippen molar-refractivity contribution in [3.63, 3.8) is 0 Å². The van der Waals surface area contributed by atoms with Crippen LogP contribution in [-0.2, 0) is 32.6 Å². The summed E-state index contributed by atoms with van der Waals surface area (Å²) in [6, 6.07) is 26.4. The highest BCUT2D eigenvalue weighted by atomic mass is 35.5. The van der Waals surface area contributed by atoms with E-state index < -0.39 is 28.5 Å². The number of nitrogens with zero attached hydrogens (tertiary/aromatic N) is 2. The first kappa shape index (κ1) is 31.8. The van der Waals surface area contributed by atoms with Gasteiger partial charge in [-0.05, 0) is 47.6 Å². The highest BCUT2D eigenvalue weighted by molar-refractivity contribution is 7.92. The van der Waals surface area contributed by atoms with Gasteiger partial charge in [-0.2, -0.15) is 0 Å². The Morgan fingerprint density at radius 2 is 1.55 bits per heavy atom. The second-order valence-corrected chi connectivity index (χ2v) is 14.0. The summed E-state index contributed by atoms with van der Waals surface area (Å²) in [5.41, 5.74) is 1.93. The summed E-state index contributed by atoms with van der Waals surface area (Å²) in [4.78, 5) is 29.9. The number of rotatable bonds is 11. The summed E-state index contributed by atoms with van der Waals surface area (Å²) in [6.45, 7) is -0.464. The van der Waals surface area contributed by atoms with Crippen molar-refractivity contribution in [3.8, 4) is 0 Å². The molecule has 230 valence electrons. The summed E-state index contributed by atoms with van der Waals surface area (Å²) in [7, 11) is -3.90. The molecule has 2 amide bonds. The van der Waals surface area contributed by atoms with E-state index in [1.54, 1.807) is 30.3 Å². The van der Waals surface area contributed by atoms with Gasteiger partial charge in [0.15, 0.2) is 0 Å². The Bertz CT molecular complexity index is 1740. The van der Waals surface area contributed by atoms with E-state index in [0.717, 1.165) is 47.2 Å². The molecule has 0 aromatic heterocycles. The zero-order valence-corrected chi connectivity index (χ0v) is 26.8. The predicted molar refractivity (Wildman–Crippen MR) is 177 cm³/mol. The van der Waals surface area contributed by atoms with Gasteiger partial charge in [-0.15, -0.1) is 0 Å². The molecule has 5 rings (SSSR count). The van der Waals surface area contributed by atoms with Gasteiger partial charge in [0.1, 0.15) is 12.6 Å². The van der Waals surface area contributed by atoms with Crippen molar-refractivity contribution in [1.82, 2.24) is 10.2 Å². The van der Waals surface area contributed by atoms with Crippen LogP contribution in [-0.4, -0.2) is 50.0 Å². The second kappa shape index (κ2) is 14.0. The normalized spacial score (nSPS) is 14.3. The van der Waals surface area contributed by atoms with E-state index in [1.165, 1.54) is 4.90 Å². The van der Waals surface area contributed by atoms with E-state index in [9.17, 15) is 18.0 Å². The molecule has 4 aromatic rings. The van der Waals surface area contributed by atoms with Crippen LogP contribution in [0.15, 0.2) is 91.0 Å². The fourth-order valence-electron chi connectivity index (χ4n) is 5.78. The van der Waals surface area contributed by atoms with Crippen molar-refractivity contribution in [2.75, 3.05) is 17.1 Å². The van der Waals surface area contributed by atoms with E-state index >= 15 is 0 Å². The van der Waals surface area contributed by atoms with Crippen LogP contribution in [0.3, 0.4) is 0 Å². The van der Waals surface area contributed by atoms with Crippen molar-refractivity contribution in [2.45, 2.75) is 50.7 Å². The van der Waals surface area contributed by atoms with Crippen LogP contribution in [0, 0.1) is 0 Å². The van der Waals surface area contributed by atoms with Crippen molar-refractivity contribution >= 4 is 61.5 Å². The third kappa shape index (κ3) is 7.73. The minimum Gasteiger partial charge on any atom is -0.352 e. The summed E-state index contributed by atoms with van der Waals surface area (Å²) < 4.78 is 27.6. The van der Waals surface area contributed by atoms with Crippen molar-refractivity contribution < 1.29 is 18.0 Å². The standard InChI is InChI=1S/C34H35Cl2N3O4S/c1-44(42,43)39(31-17-9-13-26-12-5-8-16-28(26)31)23-33(40)38(22-25-18-19-29(35)30(36)20-25)32(21-24-10-3-2-4-11-24)34(41)37-27-14-6-7-15-27/h2-5,8-13,16-20,27,32H,6-7,14-15,21-23H2,1H3,(H,37,41). The monoisotopic (exact) mass is 651 g/mol. The molecular formula is C34H35Cl2N3O4S. The fourth-order valence-corrected chi connectivity index (χ4v) is 6.96. The predicted octanol–water partition coefficient (Wildman–Crippen LogP) is 6.61. The third-order valence-corrected chi connectivity index (χ3v) is 9.89. The first-order valence-electron chi connectivity index (χ1n) is 14.6. The van der Waals surface area contributed by atoms with Crippen LogP contribution >= 0.6 is 23.2 Å². The average molecular weight is 653 g/mol. The molecule has 1 atom stereocenters. The Labute approximate surface area is 268 Å². The highest BCUT2D eigenvalue weighted by Crippen LogP contribution is 2.30. The number of benzene rings is 4. The lowest BCUT2D eigenvalue weighted by Crippen LogP contribution is -2.54. The molecule has 0 spiro atoms. The topological polar surface area (TPSA) is 86.8 Å². The minimum absolute atomic E-state index is 0.0262. The highest BCUT2D eigenvalue weighted by Gasteiger charge is 2.34. The summed E-state index contributed by atoms with van der Waals surface area (Å²) >= 11 is 12.5. The molecule has 1 N–H and O–H groups in total. The van der Waals surface area contributed by atoms with Gasteiger partial charge >= 0.3 is 0 Å². The zero-order chi connectivity index (χ0) is 31.3. The summed E-state index contributed by atoms with van der Waals surface area (Å²) in [6.07, 6.45) is 5.17. The third-order valence-electron chi connectivity index (χ3n) is 8.02. The molecule has 0 radical (unpaired) electrons. The number of fused-ring (bicyclic) bond motifs is 1. The number of hydrogen-bond donors (Lipinski definition) is 1. The molecule has 4 aromatic carbocycles. The van der Waals surface area contributed by atoms with Gasteiger partial charge in [0, 0.05) is 24.4 Å². The average Bonchev–Trinajstić information content (AvgIpc) is 3.52. The van der Waals surface area contributed by atoms with E-state index in [1.807, 2.05) is 60.7 Å². The van der Waals surface area contributed by atoms with Crippen LogP contribution < -0.4 is 9.62 Å². The van der Waals surface area contributed by atoms with E-state index in [2.05, 4.69) is 5.32 Å². The van der Waals surface area contributed by atoms with Crippen LogP contribution in [0.25, 0.3) is 10.8 Å². The summed E-state index contributed by atoms with van der Waals surface area (Å²) in [5, 5.41) is 5.40. The molecule has 7 nitrogen and oxygen atoms in total. The van der Waals surface area contributed by atoms with Gasteiger partial charge in [-0.1, -0.05) is 109 Å². The molecule has 1 saturated carbocycles. The molecule has 0 heterocycles. The Morgan fingerprint density at radius 3 is 2.25 bits per heavy atom. The fraction of sp³-hybridized carbons (Fsp3) is 0.294. The molecule has 1 unspecified atom stereocenters. The lowest BCUT2D eigenvalue weighted by Gasteiger charge is -2.34. The number of amides is 2. The number of carbonyl (C=O) groups is 2. The molecule has 0 saturated heterocycles. The molecule has 1 aliphatic rings. The van der Waals surface area contributed by atoms with Crippen LogP contribution in [0.1, 0.15) is 36.8 Å². The zero-order valence-electron chi connectivity index (χ0n) is 24.5. The largest absolute Gasteiger partial charge is 0.352 e. The van der Waals surface area contributed by atoms with Gasteiger partial charge in [0.25, 0.3) is 0 Å². The minimum atomic E-state index is -3.90. The van der Waals surface area contributed by atoms with Crippen LogP contribution in [0.2, 0.25) is 10.0 Å². The maximum Gasteiger partial charge on any atom is 0.244 e. The Balaban J connectivity index is 1.56. The molecular weight excluding hydrogens is 617 g/mol. The van der Waals surface area contributed by atoms with Crippen molar-refractivity contribution in [2.24, 2.45) is 0 Å². The SMILES string of the molecule is CS(=O)(=O)N(CC(=O)N(Cc1ccc(Cl)c(Cl)c1)C(Cc1ccccc1)C(=O)NC1CCCC1)c1cccc2ccccc12. The molecule has 1 aliphatic carbocycles. The number of hydrogen-bond acceptors (Lipinski definition) is 4. The lowest BCUT2D eigenvalue weighted by atomic mass is 10.0. The van der Waals surface area contributed by atoms with Gasteiger partial charge in [-0.25, -0.2) is 8.42 Å². The Hall–Kier alpha value is -3.59. The first-order chi connectivity index (χ1) is 21.1. The lowest BCUT2D eigenvalue weighted by molar-refractivity contribution is -0.140. The Morgan fingerprint density at radius 1 is 0.864 bits per heavy atom. The number of sulfonamides is 1. The van der Waals surface area contributed by atoms with Gasteiger partial charge in [0.05, 0.1) is 22.0 Å². The van der Waals surface area contributed by atoms with Gasteiger partial charge < -0.3 is 10.2 Å². The maximum atomic E-state index is 14.4. The number of anilines is 1. The van der Waals surface area contributed by atoms with E-state index in [0.29, 0.717) is 26.7 Å².